The van der Waals surface area contributed by atoms with Gasteiger partial charge in [-0.15, -0.1) is 0 Å². The van der Waals surface area contributed by atoms with Crippen molar-refractivity contribution in [2.75, 3.05) is 11.9 Å². The molecular formula is C13H22BrN3. The van der Waals surface area contributed by atoms with E-state index in [1.165, 1.54) is 5.56 Å². The molecule has 0 spiro atoms. The van der Waals surface area contributed by atoms with Gasteiger partial charge in [0.05, 0.1) is 4.47 Å². The van der Waals surface area contributed by atoms with E-state index in [0.717, 1.165) is 23.3 Å². The molecule has 0 aliphatic heterocycles. The normalized spacial score (nSPS) is 13.5. The van der Waals surface area contributed by atoms with E-state index in [1.807, 2.05) is 13.0 Å². The van der Waals surface area contributed by atoms with Gasteiger partial charge < -0.3 is 11.1 Å². The van der Waals surface area contributed by atoms with Crippen LogP contribution in [-0.4, -0.2) is 17.6 Å². The molecule has 1 unspecified atom stereocenters. The molecule has 0 saturated carbocycles. The van der Waals surface area contributed by atoms with Crippen molar-refractivity contribution >= 4 is 21.7 Å². The third-order valence-electron chi connectivity index (χ3n) is 2.49. The fraction of sp³-hybridized carbons (Fsp3) is 0.615. The summed E-state index contributed by atoms with van der Waals surface area (Å²) in [5.74, 6) is 0.870. The van der Waals surface area contributed by atoms with Gasteiger partial charge in [-0.3, -0.25) is 0 Å². The van der Waals surface area contributed by atoms with Gasteiger partial charge in [-0.1, -0.05) is 20.8 Å². The smallest absolute Gasteiger partial charge is 0.140 e. The molecule has 1 rings (SSSR count). The predicted octanol–water partition coefficient (Wildman–Crippen LogP) is 3.33. The molecule has 3 nitrogen and oxygen atoms in total. The molecule has 0 aromatic carbocycles. The summed E-state index contributed by atoms with van der Waals surface area (Å²) >= 11 is 3.53. The van der Waals surface area contributed by atoms with Crippen LogP contribution in [0.1, 0.15) is 32.8 Å². The lowest BCUT2D eigenvalue weighted by molar-refractivity contribution is 0.344. The number of anilines is 1. The number of pyridine rings is 1. The highest BCUT2D eigenvalue weighted by Gasteiger charge is 2.15. The SMILES string of the molecule is Cc1ccnc(NCC(N)CC(C)(C)C)c1Br. The minimum absolute atomic E-state index is 0.143. The fourth-order valence-electron chi connectivity index (χ4n) is 1.75. The van der Waals surface area contributed by atoms with Gasteiger partial charge in [0.25, 0.3) is 0 Å². The first-order valence-electron chi connectivity index (χ1n) is 5.90. The van der Waals surface area contributed by atoms with Crippen molar-refractivity contribution in [1.82, 2.24) is 4.98 Å². The molecule has 0 amide bonds. The number of nitrogens with one attached hydrogen (secondary N) is 1. The van der Waals surface area contributed by atoms with Gasteiger partial charge in [-0.05, 0) is 46.3 Å². The molecule has 0 radical (unpaired) electrons. The zero-order chi connectivity index (χ0) is 13.1. The molecule has 4 heteroatoms. The summed E-state index contributed by atoms with van der Waals surface area (Å²) in [5.41, 5.74) is 7.53. The summed E-state index contributed by atoms with van der Waals surface area (Å²) in [6.07, 6.45) is 2.79. The molecule has 0 fully saturated rings. The van der Waals surface area contributed by atoms with Crippen LogP contribution in [0.15, 0.2) is 16.7 Å². The van der Waals surface area contributed by atoms with E-state index in [4.69, 9.17) is 5.73 Å². The summed E-state index contributed by atoms with van der Waals surface area (Å²) in [6, 6.07) is 2.12. The van der Waals surface area contributed by atoms with Crippen molar-refractivity contribution in [2.24, 2.45) is 11.1 Å². The first-order valence-corrected chi connectivity index (χ1v) is 6.69. The highest BCUT2D eigenvalue weighted by molar-refractivity contribution is 9.10. The van der Waals surface area contributed by atoms with E-state index in [-0.39, 0.29) is 11.5 Å². The van der Waals surface area contributed by atoms with Gasteiger partial charge in [-0.25, -0.2) is 4.98 Å². The highest BCUT2D eigenvalue weighted by atomic mass is 79.9. The molecule has 1 heterocycles. The number of aromatic nitrogens is 1. The van der Waals surface area contributed by atoms with Crippen molar-refractivity contribution in [3.8, 4) is 0 Å². The number of hydrogen-bond donors (Lipinski definition) is 2. The molecule has 0 bridgehead atoms. The highest BCUT2D eigenvalue weighted by Crippen LogP contribution is 2.24. The summed E-state index contributed by atoms with van der Waals surface area (Å²) in [5, 5.41) is 3.29. The van der Waals surface area contributed by atoms with E-state index < -0.39 is 0 Å². The van der Waals surface area contributed by atoms with Crippen LogP contribution in [-0.2, 0) is 0 Å². The van der Waals surface area contributed by atoms with E-state index >= 15 is 0 Å². The lowest BCUT2D eigenvalue weighted by Crippen LogP contribution is -2.33. The molecule has 0 saturated heterocycles. The minimum Gasteiger partial charge on any atom is -0.368 e. The first kappa shape index (κ1) is 14.5. The molecule has 0 aliphatic carbocycles. The van der Waals surface area contributed by atoms with Crippen molar-refractivity contribution in [3.05, 3.63) is 22.3 Å². The Morgan fingerprint density at radius 1 is 1.47 bits per heavy atom. The lowest BCUT2D eigenvalue weighted by atomic mass is 9.88. The van der Waals surface area contributed by atoms with E-state index in [0.29, 0.717) is 0 Å². The molecule has 17 heavy (non-hydrogen) atoms. The van der Waals surface area contributed by atoms with Crippen LogP contribution < -0.4 is 11.1 Å². The molecule has 0 aliphatic rings. The van der Waals surface area contributed by atoms with E-state index in [1.54, 1.807) is 6.20 Å². The maximum Gasteiger partial charge on any atom is 0.140 e. The number of nitrogens with two attached hydrogens (primary N) is 1. The maximum atomic E-state index is 6.09. The topological polar surface area (TPSA) is 50.9 Å². The van der Waals surface area contributed by atoms with Crippen LogP contribution in [0.2, 0.25) is 0 Å². The third-order valence-corrected chi connectivity index (χ3v) is 3.49. The zero-order valence-electron chi connectivity index (χ0n) is 11.0. The molecule has 1 atom stereocenters. The average molecular weight is 300 g/mol. The second kappa shape index (κ2) is 5.83. The van der Waals surface area contributed by atoms with Crippen molar-refractivity contribution < 1.29 is 0 Å². The number of halogens is 1. The largest absolute Gasteiger partial charge is 0.368 e. The maximum absolute atomic E-state index is 6.09. The van der Waals surface area contributed by atoms with Crippen LogP contribution in [0, 0.1) is 12.3 Å². The summed E-state index contributed by atoms with van der Waals surface area (Å²) in [4.78, 5) is 4.29. The molecule has 3 N–H and O–H groups in total. The van der Waals surface area contributed by atoms with Crippen LogP contribution in [0.3, 0.4) is 0 Å². The number of hydrogen-bond acceptors (Lipinski definition) is 3. The third kappa shape index (κ3) is 5.04. The Morgan fingerprint density at radius 2 is 2.12 bits per heavy atom. The van der Waals surface area contributed by atoms with Gasteiger partial charge in [0.15, 0.2) is 0 Å². The molecule has 96 valence electrons. The monoisotopic (exact) mass is 299 g/mol. The van der Waals surface area contributed by atoms with Crippen LogP contribution >= 0.6 is 15.9 Å². The van der Waals surface area contributed by atoms with Crippen LogP contribution in [0.5, 0.6) is 0 Å². The Balaban J connectivity index is 2.53. The lowest BCUT2D eigenvalue weighted by Gasteiger charge is -2.23. The fourth-order valence-corrected chi connectivity index (χ4v) is 2.12. The minimum atomic E-state index is 0.143. The summed E-state index contributed by atoms with van der Waals surface area (Å²) in [7, 11) is 0. The van der Waals surface area contributed by atoms with Crippen LogP contribution in [0.25, 0.3) is 0 Å². The second-order valence-corrected chi connectivity index (χ2v) is 6.49. The van der Waals surface area contributed by atoms with E-state index in [9.17, 15) is 0 Å². The standard InChI is InChI=1S/C13H22BrN3/c1-9-5-6-16-12(11(9)14)17-8-10(15)7-13(2,3)4/h5-6,10H,7-8,15H2,1-4H3,(H,16,17). The van der Waals surface area contributed by atoms with Gasteiger partial charge in [0.1, 0.15) is 5.82 Å². The summed E-state index contributed by atoms with van der Waals surface area (Å²) in [6.45, 7) is 9.40. The Hall–Kier alpha value is -0.610. The Kier molecular flexibility index (Phi) is 4.95. The number of nitrogens with zero attached hydrogens (tertiary/aromatic N) is 1. The van der Waals surface area contributed by atoms with Crippen molar-refractivity contribution in [2.45, 2.75) is 40.2 Å². The van der Waals surface area contributed by atoms with Gasteiger partial charge in [0.2, 0.25) is 0 Å². The van der Waals surface area contributed by atoms with Gasteiger partial charge >= 0.3 is 0 Å². The average Bonchev–Trinajstić information content (AvgIpc) is 2.18. The quantitative estimate of drug-likeness (QED) is 0.896. The van der Waals surface area contributed by atoms with Crippen LogP contribution in [0.4, 0.5) is 5.82 Å². The number of aryl methyl sites for hydroxylation is 1. The van der Waals surface area contributed by atoms with Crippen molar-refractivity contribution in [1.29, 1.82) is 0 Å². The van der Waals surface area contributed by atoms with Crippen molar-refractivity contribution in [3.63, 3.8) is 0 Å². The predicted molar refractivity (Wildman–Crippen MR) is 77.2 cm³/mol. The summed E-state index contributed by atoms with van der Waals surface area (Å²) < 4.78 is 1.02. The molecule has 1 aromatic heterocycles. The van der Waals surface area contributed by atoms with Gasteiger partial charge in [-0.2, -0.15) is 0 Å². The first-order chi connectivity index (χ1) is 7.79. The Bertz CT molecular complexity index is 371. The van der Waals surface area contributed by atoms with E-state index in [2.05, 4.69) is 47.0 Å². The Morgan fingerprint density at radius 3 is 2.71 bits per heavy atom. The zero-order valence-corrected chi connectivity index (χ0v) is 12.6. The second-order valence-electron chi connectivity index (χ2n) is 5.70. The number of rotatable bonds is 4. The molecule has 1 aromatic rings. The van der Waals surface area contributed by atoms with Gasteiger partial charge in [0, 0.05) is 18.8 Å². The Labute approximate surface area is 112 Å². The molecular weight excluding hydrogens is 278 g/mol.